The van der Waals surface area contributed by atoms with Gasteiger partial charge in [-0.15, -0.1) is 0 Å². The Labute approximate surface area is 126 Å². The molecular formula is C14H16N4S2. The molecule has 0 radical (unpaired) electrons. The lowest BCUT2D eigenvalue weighted by Crippen LogP contribution is -2.06. The van der Waals surface area contributed by atoms with Crippen molar-refractivity contribution in [2.24, 2.45) is 11.5 Å². The van der Waals surface area contributed by atoms with Crippen molar-refractivity contribution in [3.63, 3.8) is 0 Å². The number of hydrogen-bond acceptors (Lipinski definition) is 4. The van der Waals surface area contributed by atoms with Gasteiger partial charge in [0.15, 0.2) is 10.3 Å². The van der Waals surface area contributed by atoms with Gasteiger partial charge in [-0.3, -0.25) is 10.8 Å². The summed E-state index contributed by atoms with van der Waals surface area (Å²) in [7, 11) is 0. The van der Waals surface area contributed by atoms with Crippen LogP contribution in [0.5, 0.6) is 0 Å². The van der Waals surface area contributed by atoms with Crippen molar-refractivity contribution in [2.75, 3.05) is 0 Å². The Bertz CT molecular complexity index is 669. The first-order valence-electron chi connectivity index (χ1n) is 6.02. The molecule has 1 atom stereocenters. The van der Waals surface area contributed by atoms with Crippen molar-refractivity contribution in [1.82, 2.24) is 0 Å². The van der Waals surface area contributed by atoms with E-state index in [0.29, 0.717) is 0 Å². The molecular weight excluding hydrogens is 288 g/mol. The molecule has 0 fully saturated rings. The third-order valence-electron chi connectivity index (χ3n) is 2.84. The van der Waals surface area contributed by atoms with Gasteiger partial charge < -0.3 is 11.5 Å². The first-order chi connectivity index (χ1) is 9.45. The fourth-order valence-corrected chi connectivity index (χ4v) is 3.18. The Morgan fingerprint density at radius 2 is 1.65 bits per heavy atom. The van der Waals surface area contributed by atoms with Gasteiger partial charge in [0.25, 0.3) is 0 Å². The molecule has 20 heavy (non-hydrogen) atoms. The van der Waals surface area contributed by atoms with Gasteiger partial charge >= 0.3 is 0 Å². The van der Waals surface area contributed by atoms with Crippen molar-refractivity contribution in [2.45, 2.75) is 17.1 Å². The number of fused-ring (bicyclic) bond motifs is 1. The number of amidine groups is 2. The summed E-state index contributed by atoms with van der Waals surface area (Å²) in [5.74, 6) is 0. The standard InChI is InChI=1S/C14H16N4S2/c1-8(19-13(15)16)9-2-3-11-7-12(20-14(17)18)5-4-10(11)6-9/h2-8H,1H3,(H3,15,16)(H3,17,18). The Hall–Kier alpha value is -1.66. The molecule has 0 saturated heterocycles. The lowest BCUT2D eigenvalue weighted by molar-refractivity contribution is 1.11. The molecule has 6 heteroatoms. The zero-order valence-corrected chi connectivity index (χ0v) is 12.6. The van der Waals surface area contributed by atoms with Gasteiger partial charge in [0.05, 0.1) is 0 Å². The molecule has 0 bridgehead atoms. The number of nitrogens with one attached hydrogen (secondary N) is 2. The van der Waals surface area contributed by atoms with Crippen molar-refractivity contribution in [3.05, 3.63) is 42.0 Å². The smallest absolute Gasteiger partial charge is 0.155 e. The van der Waals surface area contributed by atoms with E-state index in [4.69, 9.17) is 22.3 Å². The van der Waals surface area contributed by atoms with Gasteiger partial charge in [-0.1, -0.05) is 47.8 Å². The summed E-state index contributed by atoms with van der Waals surface area (Å²) in [6, 6.07) is 12.2. The lowest BCUT2D eigenvalue weighted by atomic mass is 10.1. The van der Waals surface area contributed by atoms with Gasteiger partial charge in [0, 0.05) is 10.1 Å². The summed E-state index contributed by atoms with van der Waals surface area (Å²) in [5.41, 5.74) is 12.0. The van der Waals surface area contributed by atoms with Crippen LogP contribution in [-0.2, 0) is 0 Å². The Morgan fingerprint density at radius 1 is 1.00 bits per heavy atom. The van der Waals surface area contributed by atoms with Crippen LogP contribution in [0.4, 0.5) is 0 Å². The number of hydrogen-bond donors (Lipinski definition) is 4. The van der Waals surface area contributed by atoms with Crippen molar-refractivity contribution in [1.29, 1.82) is 10.8 Å². The molecule has 0 aliphatic carbocycles. The van der Waals surface area contributed by atoms with Crippen LogP contribution in [0.25, 0.3) is 10.8 Å². The van der Waals surface area contributed by atoms with Crippen molar-refractivity contribution < 1.29 is 0 Å². The highest BCUT2D eigenvalue weighted by Gasteiger charge is 2.08. The number of thioether (sulfide) groups is 2. The van der Waals surface area contributed by atoms with Crippen LogP contribution in [0.2, 0.25) is 0 Å². The summed E-state index contributed by atoms with van der Waals surface area (Å²) in [4.78, 5) is 0.962. The molecule has 0 aliphatic rings. The van der Waals surface area contributed by atoms with Gasteiger partial charge in [-0.25, -0.2) is 0 Å². The van der Waals surface area contributed by atoms with Crippen molar-refractivity contribution >= 4 is 44.6 Å². The summed E-state index contributed by atoms with van der Waals surface area (Å²) in [6.45, 7) is 2.03. The third-order valence-corrected chi connectivity index (χ3v) is 4.43. The molecule has 2 rings (SSSR count). The summed E-state index contributed by atoms with van der Waals surface area (Å²) < 4.78 is 0. The fraction of sp³-hybridized carbons (Fsp3) is 0.143. The maximum Gasteiger partial charge on any atom is 0.155 e. The zero-order chi connectivity index (χ0) is 14.7. The van der Waals surface area contributed by atoms with E-state index >= 15 is 0 Å². The van der Waals surface area contributed by atoms with Gasteiger partial charge in [0.1, 0.15) is 0 Å². The zero-order valence-electron chi connectivity index (χ0n) is 11.0. The van der Waals surface area contributed by atoms with E-state index in [2.05, 4.69) is 6.07 Å². The fourth-order valence-electron chi connectivity index (χ4n) is 1.94. The van der Waals surface area contributed by atoms with Crippen LogP contribution in [0, 0.1) is 10.8 Å². The first-order valence-corrected chi connectivity index (χ1v) is 7.71. The molecule has 0 amide bonds. The second kappa shape index (κ2) is 6.19. The van der Waals surface area contributed by atoms with E-state index in [1.165, 1.54) is 23.5 Å². The predicted octanol–water partition coefficient (Wildman–Crippen LogP) is 3.51. The lowest BCUT2D eigenvalue weighted by Gasteiger charge is -2.11. The maximum absolute atomic E-state index is 7.34. The van der Waals surface area contributed by atoms with Crippen LogP contribution >= 0.6 is 23.5 Å². The van der Waals surface area contributed by atoms with E-state index in [-0.39, 0.29) is 15.6 Å². The molecule has 4 nitrogen and oxygen atoms in total. The minimum Gasteiger partial charge on any atom is -0.379 e. The average Bonchev–Trinajstić information content (AvgIpc) is 2.36. The topological polar surface area (TPSA) is 99.7 Å². The molecule has 0 heterocycles. The highest BCUT2D eigenvalue weighted by molar-refractivity contribution is 8.14. The highest BCUT2D eigenvalue weighted by Crippen LogP contribution is 2.31. The van der Waals surface area contributed by atoms with E-state index in [9.17, 15) is 0 Å². The maximum atomic E-state index is 7.34. The molecule has 104 valence electrons. The Kier molecular flexibility index (Phi) is 4.57. The molecule has 0 aromatic heterocycles. The van der Waals surface area contributed by atoms with E-state index in [1.54, 1.807) is 0 Å². The molecule has 2 aromatic rings. The van der Waals surface area contributed by atoms with Crippen LogP contribution in [0.1, 0.15) is 17.7 Å². The molecule has 0 aliphatic heterocycles. The van der Waals surface area contributed by atoms with Crippen LogP contribution < -0.4 is 11.5 Å². The Morgan fingerprint density at radius 3 is 2.30 bits per heavy atom. The van der Waals surface area contributed by atoms with Gasteiger partial charge in [-0.05, 0) is 35.4 Å². The molecule has 6 N–H and O–H groups in total. The first kappa shape index (κ1) is 14.7. The quantitative estimate of drug-likeness (QED) is 0.396. The highest BCUT2D eigenvalue weighted by atomic mass is 32.2. The molecule has 2 aromatic carbocycles. The van der Waals surface area contributed by atoms with Gasteiger partial charge in [0.2, 0.25) is 0 Å². The number of benzene rings is 2. The van der Waals surface area contributed by atoms with Crippen molar-refractivity contribution in [3.8, 4) is 0 Å². The van der Waals surface area contributed by atoms with Crippen LogP contribution in [0.3, 0.4) is 0 Å². The Balaban J connectivity index is 2.31. The largest absolute Gasteiger partial charge is 0.379 e. The minimum atomic E-state index is 0.0902. The monoisotopic (exact) mass is 304 g/mol. The van der Waals surface area contributed by atoms with E-state index < -0.39 is 0 Å². The van der Waals surface area contributed by atoms with E-state index in [1.807, 2.05) is 37.3 Å². The normalized spacial score (nSPS) is 12.2. The molecule has 1 unspecified atom stereocenters. The van der Waals surface area contributed by atoms with Crippen LogP contribution in [0.15, 0.2) is 41.3 Å². The summed E-state index contributed by atoms with van der Waals surface area (Å²) in [6.07, 6.45) is 0. The van der Waals surface area contributed by atoms with E-state index in [0.717, 1.165) is 21.2 Å². The minimum absolute atomic E-state index is 0.0902. The second-order valence-corrected chi connectivity index (χ2v) is 6.86. The summed E-state index contributed by atoms with van der Waals surface area (Å²) >= 11 is 2.58. The SMILES string of the molecule is CC(SC(=N)N)c1ccc2cc(SC(=N)N)ccc2c1. The predicted molar refractivity (Wildman–Crippen MR) is 89.6 cm³/mol. The average molecular weight is 304 g/mol. The third kappa shape index (κ3) is 3.68. The van der Waals surface area contributed by atoms with Crippen LogP contribution in [-0.4, -0.2) is 10.3 Å². The number of nitrogens with two attached hydrogens (primary N) is 2. The summed E-state index contributed by atoms with van der Waals surface area (Å²) in [5, 5.41) is 17.3. The number of rotatable bonds is 3. The van der Waals surface area contributed by atoms with Gasteiger partial charge in [-0.2, -0.15) is 0 Å². The second-order valence-electron chi connectivity index (χ2n) is 4.36. The molecule has 0 saturated carbocycles. The molecule has 0 spiro atoms.